The Hall–Kier alpha value is -2.33. The van der Waals surface area contributed by atoms with Gasteiger partial charge in [-0.15, -0.1) is 0 Å². The molecule has 1 aliphatic rings. The molecule has 2 aromatic carbocycles. The van der Waals surface area contributed by atoms with E-state index < -0.39 is 0 Å². The van der Waals surface area contributed by atoms with Crippen LogP contribution in [0.15, 0.2) is 35.3 Å². The molecule has 0 heterocycles. The van der Waals surface area contributed by atoms with Gasteiger partial charge in [-0.3, -0.25) is 4.99 Å². The van der Waals surface area contributed by atoms with Crippen LogP contribution in [0.1, 0.15) is 35.1 Å². The molecule has 0 unspecified atom stereocenters. The van der Waals surface area contributed by atoms with Crippen LogP contribution in [0.4, 0.5) is 5.69 Å². The first-order valence-electron chi connectivity index (χ1n) is 9.10. The van der Waals surface area contributed by atoms with Crippen molar-refractivity contribution in [2.45, 2.75) is 33.1 Å². The van der Waals surface area contributed by atoms with Gasteiger partial charge in [0.05, 0.1) is 19.4 Å². The summed E-state index contributed by atoms with van der Waals surface area (Å²) in [6.07, 6.45) is 3.20. The maximum absolute atomic E-state index is 5.78. The first-order chi connectivity index (χ1) is 12.6. The van der Waals surface area contributed by atoms with Crippen LogP contribution >= 0.6 is 0 Å². The number of fused-ring (bicyclic) bond motifs is 1. The molecule has 0 aliphatic heterocycles. The van der Waals surface area contributed by atoms with Gasteiger partial charge in [0, 0.05) is 18.4 Å². The Labute approximate surface area is 155 Å². The number of methoxy groups -OCH3 is 2. The van der Waals surface area contributed by atoms with Crippen LogP contribution < -0.4 is 9.47 Å². The lowest BCUT2D eigenvalue weighted by Gasteiger charge is -2.19. The lowest BCUT2D eigenvalue weighted by atomic mass is 9.89. The van der Waals surface area contributed by atoms with Crippen molar-refractivity contribution in [3.05, 3.63) is 52.6 Å². The second-order valence-corrected chi connectivity index (χ2v) is 6.69. The summed E-state index contributed by atoms with van der Waals surface area (Å²) in [7, 11) is 3.39. The van der Waals surface area contributed by atoms with E-state index >= 15 is 0 Å². The van der Waals surface area contributed by atoms with Crippen molar-refractivity contribution < 1.29 is 14.2 Å². The summed E-state index contributed by atoms with van der Waals surface area (Å²) in [5.74, 6) is 1.81. The summed E-state index contributed by atoms with van der Waals surface area (Å²) in [5.41, 5.74) is 6.88. The molecular weight excluding hydrogens is 326 g/mol. The van der Waals surface area contributed by atoms with Gasteiger partial charge in [-0.1, -0.05) is 6.07 Å². The second-order valence-electron chi connectivity index (χ2n) is 6.69. The van der Waals surface area contributed by atoms with E-state index in [0.29, 0.717) is 13.2 Å². The first kappa shape index (κ1) is 18.5. The van der Waals surface area contributed by atoms with E-state index in [2.05, 4.69) is 38.1 Å². The molecule has 0 spiro atoms. The van der Waals surface area contributed by atoms with E-state index in [1.807, 2.05) is 6.07 Å². The summed E-state index contributed by atoms with van der Waals surface area (Å²) < 4.78 is 16.3. The Bertz CT molecular complexity index is 788. The van der Waals surface area contributed by atoms with Crippen molar-refractivity contribution in [1.29, 1.82) is 0 Å². The smallest absolute Gasteiger partial charge is 0.124 e. The largest absolute Gasteiger partial charge is 0.496 e. The molecule has 0 saturated carbocycles. The highest BCUT2D eigenvalue weighted by molar-refractivity contribution is 6.04. The van der Waals surface area contributed by atoms with Gasteiger partial charge in [0.15, 0.2) is 0 Å². The topological polar surface area (TPSA) is 40.0 Å². The monoisotopic (exact) mass is 353 g/mol. The van der Waals surface area contributed by atoms with E-state index in [4.69, 9.17) is 19.2 Å². The van der Waals surface area contributed by atoms with Gasteiger partial charge in [0.1, 0.15) is 18.1 Å². The predicted molar refractivity (Wildman–Crippen MR) is 105 cm³/mol. The summed E-state index contributed by atoms with van der Waals surface area (Å²) in [6, 6.07) is 10.5. The van der Waals surface area contributed by atoms with Gasteiger partial charge in [0.25, 0.3) is 0 Å². The zero-order valence-electron chi connectivity index (χ0n) is 16.1. The van der Waals surface area contributed by atoms with Crippen LogP contribution in [0, 0.1) is 13.8 Å². The first-order valence-corrected chi connectivity index (χ1v) is 9.10. The zero-order valence-corrected chi connectivity index (χ0v) is 16.1. The van der Waals surface area contributed by atoms with E-state index in [-0.39, 0.29) is 0 Å². The van der Waals surface area contributed by atoms with E-state index in [1.54, 1.807) is 14.2 Å². The van der Waals surface area contributed by atoms with E-state index in [0.717, 1.165) is 53.3 Å². The highest BCUT2D eigenvalue weighted by Gasteiger charge is 2.17. The van der Waals surface area contributed by atoms with Gasteiger partial charge in [0.2, 0.25) is 0 Å². The van der Waals surface area contributed by atoms with Crippen molar-refractivity contribution in [3.63, 3.8) is 0 Å². The SMILES string of the molecule is COCCOc1ccc2c(c1)/C(=N/c1cc(C)c(OC)c(C)c1)CCC2. The fraction of sp³-hybridized carbons (Fsp3) is 0.409. The number of rotatable bonds is 6. The number of hydrogen-bond donors (Lipinski definition) is 0. The van der Waals surface area contributed by atoms with Gasteiger partial charge < -0.3 is 14.2 Å². The Kier molecular flexibility index (Phi) is 5.94. The van der Waals surface area contributed by atoms with Crippen LogP contribution in [-0.2, 0) is 11.2 Å². The van der Waals surface area contributed by atoms with Crippen molar-refractivity contribution in [2.24, 2.45) is 4.99 Å². The molecule has 0 fully saturated rings. The van der Waals surface area contributed by atoms with Crippen LogP contribution in [-0.4, -0.2) is 33.1 Å². The van der Waals surface area contributed by atoms with Crippen LogP contribution in [0.2, 0.25) is 0 Å². The third-order valence-electron chi connectivity index (χ3n) is 4.72. The maximum Gasteiger partial charge on any atom is 0.124 e. The molecule has 0 radical (unpaired) electrons. The second kappa shape index (κ2) is 8.37. The van der Waals surface area contributed by atoms with Gasteiger partial charge in [-0.25, -0.2) is 0 Å². The number of hydrogen-bond acceptors (Lipinski definition) is 4. The fourth-order valence-corrected chi connectivity index (χ4v) is 3.54. The van der Waals surface area contributed by atoms with E-state index in [1.165, 1.54) is 11.1 Å². The molecular formula is C22H27NO3. The highest BCUT2D eigenvalue weighted by Crippen LogP contribution is 2.31. The third kappa shape index (κ3) is 4.07. The predicted octanol–water partition coefficient (Wildman–Crippen LogP) is 4.79. The molecule has 4 heteroatoms. The molecule has 0 aromatic heterocycles. The molecule has 2 aromatic rings. The van der Waals surface area contributed by atoms with Crippen molar-refractivity contribution in [1.82, 2.24) is 0 Å². The summed E-state index contributed by atoms with van der Waals surface area (Å²) in [5, 5.41) is 0. The number of aliphatic imine (C=N–C) groups is 1. The minimum Gasteiger partial charge on any atom is -0.496 e. The Morgan fingerprint density at radius 2 is 1.73 bits per heavy atom. The number of nitrogens with zero attached hydrogens (tertiary/aromatic N) is 1. The van der Waals surface area contributed by atoms with E-state index in [9.17, 15) is 0 Å². The molecule has 0 amide bonds. The van der Waals surface area contributed by atoms with Gasteiger partial charge in [-0.2, -0.15) is 0 Å². The average molecular weight is 353 g/mol. The lowest BCUT2D eigenvalue weighted by Crippen LogP contribution is -2.12. The Morgan fingerprint density at radius 3 is 2.42 bits per heavy atom. The molecule has 0 N–H and O–H groups in total. The lowest BCUT2D eigenvalue weighted by molar-refractivity contribution is 0.146. The molecule has 4 nitrogen and oxygen atoms in total. The molecule has 138 valence electrons. The van der Waals surface area contributed by atoms with Crippen LogP contribution in [0.25, 0.3) is 0 Å². The molecule has 0 saturated heterocycles. The third-order valence-corrected chi connectivity index (χ3v) is 4.72. The zero-order chi connectivity index (χ0) is 18.5. The Balaban J connectivity index is 1.93. The molecule has 0 atom stereocenters. The maximum atomic E-state index is 5.78. The molecule has 26 heavy (non-hydrogen) atoms. The normalized spacial score (nSPS) is 15.0. The van der Waals surface area contributed by atoms with Crippen molar-refractivity contribution in [3.8, 4) is 11.5 Å². The number of ether oxygens (including phenoxy) is 3. The summed E-state index contributed by atoms with van der Waals surface area (Å²) in [6.45, 7) is 5.26. The average Bonchev–Trinajstić information content (AvgIpc) is 2.62. The molecule has 3 rings (SSSR count). The molecule has 1 aliphatic carbocycles. The number of aryl methyl sites for hydroxylation is 3. The van der Waals surface area contributed by atoms with Gasteiger partial charge in [-0.05, 0) is 74.1 Å². The van der Waals surface area contributed by atoms with Gasteiger partial charge >= 0.3 is 0 Å². The minimum atomic E-state index is 0.554. The standard InChI is InChI=1S/C22H27NO3/c1-15-12-18(13-16(2)22(15)25-4)23-21-7-5-6-17-8-9-19(14-20(17)21)26-11-10-24-3/h8-9,12-14H,5-7,10-11H2,1-4H3/b23-21+. The van der Waals surface area contributed by atoms with Crippen molar-refractivity contribution in [2.75, 3.05) is 27.4 Å². The van der Waals surface area contributed by atoms with Crippen molar-refractivity contribution >= 4 is 11.4 Å². The quantitative estimate of drug-likeness (QED) is 0.701. The summed E-state index contributed by atoms with van der Waals surface area (Å²) >= 11 is 0. The fourth-order valence-electron chi connectivity index (χ4n) is 3.54. The summed E-state index contributed by atoms with van der Waals surface area (Å²) in [4.78, 5) is 4.97. The molecule has 0 bridgehead atoms. The van der Waals surface area contributed by atoms with Crippen LogP contribution in [0.5, 0.6) is 11.5 Å². The highest BCUT2D eigenvalue weighted by atomic mass is 16.5. The minimum absolute atomic E-state index is 0.554. The number of benzene rings is 2. The van der Waals surface area contributed by atoms with Crippen LogP contribution in [0.3, 0.4) is 0 Å². The Morgan fingerprint density at radius 1 is 0.962 bits per heavy atom.